The number of unbranched alkanes of at least 4 members (excludes halogenated alkanes) is 4. The maximum absolute atomic E-state index is 11.9. The quantitative estimate of drug-likeness (QED) is 0.428. The number of carbonyl (C=O) groups is 1. The van der Waals surface area contributed by atoms with Gasteiger partial charge < -0.3 is 14.9 Å². The van der Waals surface area contributed by atoms with Crippen LogP contribution in [0.1, 0.15) is 55.8 Å². The third-order valence-electron chi connectivity index (χ3n) is 3.10. The molecule has 0 saturated heterocycles. The lowest BCUT2D eigenvalue weighted by atomic mass is 10.0. The first kappa shape index (κ1) is 15.3. The van der Waals surface area contributed by atoms with Crippen molar-refractivity contribution >= 4 is 5.78 Å². The number of Topliss-reactive ketones (excluding diaryl/α,β-unsaturated/α-hetero) is 1. The van der Waals surface area contributed by atoms with Gasteiger partial charge in [0, 0.05) is 12.5 Å². The molecular weight excluding hydrogens is 244 g/mol. The van der Waals surface area contributed by atoms with E-state index in [2.05, 4.69) is 6.92 Å². The van der Waals surface area contributed by atoms with Crippen LogP contribution in [-0.4, -0.2) is 23.1 Å². The molecule has 19 heavy (non-hydrogen) atoms. The maximum Gasteiger partial charge on any atom is 0.166 e. The molecule has 0 aliphatic heterocycles. The van der Waals surface area contributed by atoms with Gasteiger partial charge in [-0.1, -0.05) is 32.6 Å². The van der Waals surface area contributed by atoms with Crippen LogP contribution in [0.2, 0.25) is 0 Å². The molecule has 106 valence electrons. The highest BCUT2D eigenvalue weighted by Gasteiger charge is 2.15. The van der Waals surface area contributed by atoms with Gasteiger partial charge in [-0.05, 0) is 12.5 Å². The summed E-state index contributed by atoms with van der Waals surface area (Å²) in [6, 6.07) is 2.53. The van der Waals surface area contributed by atoms with Crippen LogP contribution in [0, 0.1) is 0 Å². The Morgan fingerprint density at radius 1 is 1.11 bits per heavy atom. The van der Waals surface area contributed by atoms with E-state index >= 15 is 0 Å². The number of carbonyl (C=O) groups excluding carboxylic acids is 1. The molecule has 4 nitrogen and oxygen atoms in total. The van der Waals surface area contributed by atoms with Crippen molar-refractivity contribution in [2.24, 2.45) is 0 Å². The third-order valence-corrected chi connectivity index (χ3v) is 3.10. The van der Waals surface area contributed by atoms with Gasteiger partial charge in [0.2, 0.25) is 0 Å². The van der Waals surface area contributed by atoms with Crippen molar-refractivity contribution in [3.8, 4) is 17.2 Å². The topological polar surface area (TPSA) is 66.8 Å². The van der Waals surface area contributed by atoms with Crippen LogP contribution >= 0.6 is 0 Å². The van der Waals surface area contributed by atoms with Crippen LogP contribution in [0.3, 0.4) is 0 Å². The van der Waals surface area contributed by atoms with Crippen molar-refractivity contribution in [2.75, 3.05) is 7.11 Å². The molecular formula is C15H22O4. The molecule has 0 aliphatic carbocycles. The van der Waals surface area contributed by atoms with E-state index in [0.717, 1.165) is 19.3 Å². The van der Waals surface area contributed by atoms with Crippen LogP contribution in [0.4, 0.5) is 0 Å². The first-order valence-corrected chi connectivity index (χ1v) is 6.73. The Kier molecular flexibility index (Phi) is 6.19. The number of hydrogen-bond donors (Lipinski definition) is 2. The lowest BCUT2D eigenvalue weighted by Gasteiger charge is -2.08. The van der Waals surface area contributed by atoms with Crippen molar-refractivity contribution in [3.63, 3.8) is 0 Å². The summed E-state index contributed by atoms with van der Waals surface area (Å²) in [7, 11) is 1.39. The molecule has 0 radical (unpaired) electrons. The Hall–Kier alpha value is -1.71. The highest BCUT2D eigenvalue weighted by Crippen LogP contribution is 2.33. The summed E-state index contributed by atoms with van der Waals surface area (Å²) in [6.45, 7) is 2.14. The van der Waals surface area contributed by atoms with Gasteiger partial charge >= 0.3 is 0 Å². The van der Waals surface area contributed by atoms with E-state index in [1.165, 1.54) is 32.1 Å². The number of ether oxygens (including phenoxy) is 1. The van der Waals surface area contributed by atoms with Gasteiger partial charge in [0.25, 0.3) is 0 Å². The van der Waals surface area contributed by atoms with Gasteiger partial charge in [0.15, 0.2) is 17.3 Å². The number of ketones is 1. The minimum absolute atomic E-state index is 0.130. The minimum atomic E-state index is -0.146. The van der Waals surface area contributed by atoms with E-state index in [1.54, 1.807) is 0 Å². The molecule has 1 rings (SSSR count). The summed E-state index contributed by atoms with van der Waals surface area (Å²) in [5.74, 6) is -0.258. The number of phenols is 2. The highest BCUT2D eigenvalue weighted by atomic mass is 16.5. The zero-order valence-corrected chi connectivity index (χ0v) is 11.6. The average molecular weight is 266 g/mol. The first-order valence-electron chi connectivity index (χ1n) is 6.73. The van der Waals surface area contributed by atoms with Gasteiger partial charge in [0.1, 0.15) is 5.75 Å². The van der Waals surface area contributed by atoms with E-state index < -0.39 is 0 Å². The number of rotatable bonds is 8. The minimum Gasteiger partial charge on any atom is -0.507 e. The molecule has 0 unspecified atom stereocenters. The molecule has 1 aromatic carbocycles. The summed E-state index contributed by atoms with van der Waals surface area (Å²) < 4.78 is 4.86. The molecule has 0 spiro atoms. The fourth-order valence-electron chi connectivity index (χ4n) is 1.97. The summed E-state index contributed by atoms with van der Waals surface area (Å²) in [4.78, 5) is 11.9. The fraction of sp³-hybridized carbons (Fsp3) is 0.533. The largest absolute Gasteiger partial charge is 0.507 e. The van der Waals surface area contributed by atoms with Gasteiger partial charge in [0.05, 0.1) is 12.7 Å². The van der Waals surface area contributed by atoms with Crippen molar-refractivity contribution in [1.29, 1.82) is 0 Å². The second-order valence-electron chi connectivity index (χ2n) is 4.63. The predicted octanol–water partition coefficient (Wildman–Crippen LogP) is 3.65. The van der Waals surface area contributed by atoms with Crippen molar-refractivity contribution in [2.45, 2.75) is 45.4 Å². The summed E-state index contributed by atoms with van der Waals surface area (Å²) in [5.41, 5.74) is 0.161. The van der Waals surface area contributed by atoms with Crippen LogP contribution in [-0.2, 0) is 0 Å². The van der Waals surface area contributed by atoms with Gasteiger partial charge in [-0.25, -0.2) is 0 Å². The number of phenolic OH excluding ortho intramolecular Hbond substituents is 2. The Bertz CT molecular complexity index is 426. The Labute approximate surface area is 114 Å². The molecule has 0 aliphatic rings. The SMILES string of the molecule is CCCCCCCC(=O)c1cc(O)c(OC)cc1O. The summed E-state index contributed by atoms with van der Waals surface area (Å²) in [6.07, 6.45) is 5.70. The zero-order chi connectivity index (χ0) is 14.3. The number of benzene rings is 1. The summed E-state index contributed by atoms with van der Waals surface area (Å²) >= 11 is 0. The lowest BCUT2D eigenvalue weighted by molar-refractivity contribution is 0.0976. The zero-order valence-electron chi connectivity index (χ0n) is 11.6. The standard InChI is InChI=1S/C15H22O4/c1-3-4-5-6-7-8-12(16)11-9-14(18)15(19-2)10-13(11)17/h9-10,17-18H,3-8H2,1-2H3. The number of hydrogen-bond acceptors (Lipinski definition) is 4. The van der Waals surface area contributed by atoms with Crippen LogP contribution in [0.5, 0.6) is 17.2 Å². The van der Waals surface area contributed by atoms with E-state index in [0.29, 0.717) is 6.42 Å². The predicted molar refractivity (Wildman–Crippen MR) is 74.0 cm³/mol. The Morgan fingerprint density at radius 2 is 1.79 bits per heavy atom. The van der Waals surface area contributed by atoms with Gasteiger partial charge in [-0.2, -0.15) is 0 Å². The maximum atomic E-state index is 11.9. The highest BCUT2D eigenvalue weighted by molar-refractivity contribution is 5.99. The first-order chi connectivity index (χ1) is 9.10. The van der Waals surface area contributed by atoms with Gasteiger partial charge in [-0.3, -0.25) is 4.79 Å². The van der Waals surface area contributed by atoms with Crippen LogP contribution in [0.25, 0.3) is 0 Å². The lowest BCUT2D eigenvalue weighted by Crippen LogP contribution is -2.00. The molecule has 0 amide bonds. The number of methoxy groups -OCH3 is 1. The monoisotopic (exact) mass is 266 g/mol. The number of aromatic hydroxyl groups is 2. The summed E-state index contributed by atoms with van der Waals surface area (Å²) in [5, 5.41) is 19.4. The van der Waals surface area contributed by atoms with Crippen LogP contribution < -0.4 is 4.74 Å². The second-order valence-corrected chi connectivity index (χ2v) is 4.63. The fourth-order valence-corrected chi connectivity index (χ4v) is 1.97. The van der Waals surface area contributed by atoms with Crippen LogP contribution in [0.15, 0.2) is 12.1 Å². The molecule has 4 heteroatoms. The molecule has 1 aromatic rings. The molecule has 0 bridgehead atoms. The average Bonchev–Trinajstić information content (AvgIpc) is 2.40. The molecule has 0 heterocycles. The molecule has 0 saturated carbocycles. The van der Waals surface area contributed by atoms with Crippen molar-refractivity contribution < 1.29 is 19.7 Å². The van der Waals surface area contributed by atoms with Crippen molar-refractivity contribution in [3.05, 3.63) is 17.7 Å². The van der Waals surface area contributed by atoms with E-state index in [4.69, 9.17) is 4.74 Å². The molecule has 0 aromatic heterocycles. The third kappa shape index (κ3) is 4.47. The smallest absolute Gasteiger partial charge is 0.166 e. The molecule has 2 N–H and O–H groups in total. The van der Waals surface area contributed by atoms with E-state index in [9.17, 15) is 15.0 Å². The second kappa shape index (κ2) is 7.67. The van der Waals surface area contributed by atoms with Crippen molar-refractivity contribution in [1.82, 2.24) is 0 Å². The Morgan fingerprint density at radius 3 is 2.42 bits per heavy atom. The normalized spacial score (nSPS) is 10.4. The van der Waals surface area contributed by atoms with E-state index in [-0.39, 0.29) is 28.6 Å². The molecule has 0 atom stereocenters. The Balaban J connectivity index is 2.59. The van der Waals surface area contributed by atoms with E-state index in [1.807, 2.05) is 0 Å². The van der Waals surface area contributed by atoms with Gasteiger partial charge in [-0.15, -0.1) is 0 Å². The molecule has 0 fully saturated rings.